The van der Waals surface area contributed by atoms with Gasteiger partial charge in [-0.25, -0.2) is 4.98 Å². The second kappa shape index (κ2) is 6.04. The minimum atomic E-state index is -0.329. The van der Waals surface area contributed by atoms with Crippen molar-refractivity contribution < 1.29 is 4.79 Å². The Morgan fingerprint density at radius 1 is 1.00 bits per heavy atom. The van der Waals surface area contributed by atoms with Crippen molar-refractivity contribution in [2.45, 2.75) is 6.42 Å². The van der Waals surface area contributed by atoms with Gasteiger partial charge < -0.3 is 5.32 Å². The van der Waals surface area contributed by atoms with Crippen LogP contribution in [-0.4, -0.2) is 32.6 Å². The molecule has 21 heavy (non-hydrogen) atoms. The quantitative estimate of drug-likeness (QED) is 0.780. The van der Waals surface area contributed by atoms with Crippen LogP contribution in [0.4, 0.5) is 0 Å². The summed E-state index contributed by atoms with van der Waals surface area (Å²) in [6, 6.07) is 13.0. The maximum atomic E-state index is 12.0. The molecule has 0 unspecified atom stereocenters. The number of benzene rings is 1. The van der Waals surface area contributed by atoms with Gasteiger partial charge in [0.1, 0.15) is 5.52 Å². The minimum absolute atomic E-state index is 0.0784. The highest BCUT2D eigenvalue weighted by Crippen LogP contribution is 2.06. The van der Waals surface area contributed by atoms with E-state index in [0.29, 0.717) is 24.0 Å². The molecule has 0 fully saturated rings. The summed E-state index contributed by atoms with van der Waals surface area (Å²) in [4.78, 5) is 20.4. The van der Waals surface area contributed by atoms with Gasteiger partial charge in [-0.15, -0.1) is 10.2 Å². The van der Waals surface area contributed by atoms with Crippen LogP contribution in [-0.2, 0) is 6.42 Å². The Bertz CT molecular complexity index is 760. The van der Waals surface area contributed by atoms with E-state index in [9.17, 15) is 4.79 Å². The molecular formula is C15H13N5O. The van der Waals surface area contributed by atoms with Crippen molar-refractivity contribution in [1.82, 2.24) is 25.5 Å². The SMILES string of the molecule is O=C(NCCc1ccccn1)c1nnc2ccccc2n1. The van der Waals surface area contributed by atoms with Gasteiger partial charge in [-0.2, -0.15) is 0 Å². The molecule has 2 aromatic heterocycles. The van der Waals surface area contributed by atoms with Crippen molar-refractivity contribution >= 4 is 16.9 Å². The smallest absolute Gasteiger partial charge is 0.291 e. The van der Waals surface area contributed by atoms with E-state index in [1.165, 1.54) is 0 Å². The number of carbonyl (C=O) groups is 1. The normalized spacial score (nSPS) is 10.5. The molecule has 0 radical (unpaired) electrons. The number of hydrogen-bond acceptors (Lipinski definition) is 5. The van der Waals surface area contributed by atoms with Gasteiger partial charge in [-0.1, -0.05) is 18.2 Å². The number of nitrogens with zero attached hydrogens (tertiary/aromatic N) is 4. The summed E-state index contributed by atoms with van der Waals surface area (Å²) in [6.07, 6.45) is 2.39. The molecule has 6 heteroatoms. The zero-order valence-corrected chi connectivity index (χ0v) is 11.2. The maximum Gasteiger partial charge on any atom is 0.291 e. The highest BCUT2D eigenvalue weighted by atomic mass is 16.2. The Balaban J connectivity index is 1.64. The molecule has 0 aliphatic rings. The van der Waals surface area contributed by atoms with Gasteiger partial charge in [0.25, 0.3) is 5.91 Å². The molecule has 0 spiro atoms. The summed E-state index contributed by atoms with van der Waals surface area (Å²) >= 11 is 0. The molecule has 3 rings (SSSR count). The van der Waals surface area contributed by atoms with Gasteiger partial charge in [-0.3, -0.25) is 9.78 Å². The first-order valence-corrected chi connectivity index (χ1v) is 6.60. The van der Waals surface area contributed by atoms with E-state index in [4.69, 9.17) is 0 Å². The van der Waals surface area contributed by atoms with Crippen molar-refractivity contribution in [3.05, 3.63) is 60.2 Å². The number of amides is 1. The zero-order chi connectivity index (χ0) is 14.5. The fourth-order valence-electron chi connectivity index (χ4n) is 1.91. The predicted octanol–water partition coefficient (Wildman–Crippen LogP) is 1.39. The molecule has 3 aromatic rings. The van der Waals surface area contributed by atoms with Crippen LogP contribution in [0.2, 0.25) is 0 Å². The van der Waals surface area contributed by atoms with Crippen LogP contribution >= 0.6 is 0 Å². The number of nitrogens with one attached hydrogen (secondary N) is 1. The number of para-hydroxylation sites is 1. The first kappa shape index (κ1) is 13.1. The summed E-state index contributed by atoms with van der Waals surface area (Å²) < 4.78 is 0. The van der Waals surface area contributed by atoms with Crippen molar-refractivity contribution in [3.8, 4) is 0 Å². The first-order chi connectivity index (χ1) is 10.3. The van der Waals surface area contributed by atoms with Gasteiger partial charge in [0.15, 0.2) is 0 Å². The van der Waals surface area contributed by atoms with Crippen LogP contribution in [0.15, 0.2) is 48.7 Å². The average molecular weight is 279 g/mol. The molecule has 0 aliphatic heterocycles. The van der Waals surface area contributed by atoms with Crippen molar-refractivity contribution in [2.24, 2.45) is 0 Å². The molecule has 0 atom stereocenters. The minimum Gasteiger partial charge on any atom is -0.349 e. The highest BCUT2D eigenvalue weighted by Gasteiger charge is 2.10. The van der Waals surface area contributed by atoms with Crippen LogP contribution in [0.1, 0.15) is 16.3 Å². The summed E-state index contributed by atoms with van der Waals surface area (Å²) in [5, 5.41) is 10.6. The van der Waals surface area contributed by atoms with Gasteiger partial charge in [0.05, 0.1) is 5.52 Å². The fourth-order valence-corrected chi connectivity index (χ4v) is 1.91. The maximum absolute atomic E-state index is 12.0. The van der Waals surface area contributed by atoms with Crippen molar-refractivity contribution in [1.29, 1.82) is 0 Å². The number of hydrogen-bond donors (Lipinski definition) is 1. The van der Waals surface area contributed by atoms with E-state index in [1.807, 2.05) is 30.3 Å². The van der Waals surface area contributed by atoms with E-state index in [0.717, 1.165) is 5.69 Å². The van der Waals surface area contributed by atoms with E-state index >= 15 is 0 Å². The van der Waals surface area contributed by atoms with Crippen LogP contribution in [0.5, 0.6) is 0 Å². The lowest BCUT2D eigenvalue weighted by Gasteiger charge is -2.04. The lowest BCUT2D eigenvalue weighted by Crippen LogP contribution is -2.28. The second-order valence-corrected chi connectivity index (χ2v) is 4.45. The Morgan fingerprint density at radius 2 is 1.81 bits per heavy atom. The lowest BCUT2D eigenvalue weighted by molar-refractivity contribution is 0.0943. The molecule has 2 heterocycles. The van der Waals surface area contributed by atoms with E-state index in [-0.39, 0.29) is 11.7 Å². The largest absolute Gasteiger partial charge is 0.349 e. The lowest BCUT2D eigenvalue weighted by atomic mass is 10.3. The first-order valence-electron chi connectivity index (χ1n) is 6.60. The third-order valence-electron chi connectivity index (χ3n) is 2.96. The number of aromatic nitrogens is 4. The van der Waals surface area contributed by atoms with Crippen molar-refractivity contribution in [3.63, 3.8) is 0 Å². The number of carbonyl (C=O) groups excluding carboxylic acids is 1. The van der Waals surface area contributed by atoms with E-state index in [1.54, 1.807) is 18.3 Å². The third kappa shape index (κ3) is 3.17. The molecule has 6 nitrogen and oxygen atoms in total. The molecule has 0 saturated carbocycles. The van der Waals surface area contributed by atoms with E-state index in [2.05, 4.69) is 25.5 Å². The highest BCUT2D eigenvalue weighted by molar-refractivity contribution is 5.91. The standard InChI is InChI=1S/C15H13N5O/c21-15(17-10-8-11-5-3-4-9-16-11)14-18-12-6-1-2-7-13(12)19-20-14/h1-7,9H,8,10H2,(H,17,21). The zero-order valence-electron chi connectivity index (χ0n) is 11.2. The van der Waals surface area contributed by atoms with E-state index < -0.39 is 0 Å². The topological polar surface area (TPSA) is 80.7 Å². The molecule has 1 amide bonds. The van der Waals surface area contributed by atoms with Gasteiger partial charge in [0, 0.05) is 24.9 Å². The predicted molar refractivity (Wildman–Crippen MR) is 77.6 cm³/mol. The molecule has 0 saturated heterocycles. The molecule has 1 aromatic carbocycles. The second-order valence-electron chi connectivity index (χ2n) is 4.45. The number of pyridine rings is 1. The Morgan fingerprint density at radius 3 is 2.62 bits per heavy atom. The average Bonchev–Trinajstić information content (AvgIpc) is 2.55. The Labute approximate surface area is 121 Å². The van der Waals surface area contributed by atoms with Gasteiger partial charge in [-0.05, 0) is 24.3 Å². The molecule has 0 bridgehead atoms. The molecular weight excluding hydrogens is 266 g/mol. The summed E-state index contributed by atoms with van der Waals surface area (Å²) in [5.41, 5.74) is 2.25. The van der Waals surface area contributed by atoms with Crippen LogP contribution in [0, 0.1) is 0 Å². The molecule has 0 aliphatic carbocycles. The third-order valence-corrected chi connectivity index (χ3v) is 2.96. The van der Waals surface area contributed by atoms with Gasteiger partial charge >= 0.3 is 0 Å². The summed E-state index contributed by atoms with van der Waals surface area (Å²) in [5.74, 6) is -0.251. The van der Waals surface area contributed by atoms with Crippen LogP contribution < -0.4 is 5.32 Å². The number of fused-ring (bicyclic) bond motifs is 1. The summed E-state index contributed by atoms with van der Waals surface area (Å²) in [6.45, 7) is 0.478. The summed E-state index contributed by atoms with van der Waals surface area (Å²) in [7, 11) is 0. The van der Waals surface area contributed by atoms with Crippen LogP contribution in [0.3, 0.4) is 0 Å². The molecule has 1 N–H and O–H groups in total. The monoisotopic (exact) mass is 279 g/mol. The Hall–Kier alpha value is -2.89. The number of rotatable bonds is 4. The Kier molecular flexibility index (Phi) is 3.77. The van der Waals surface area contributed by atoms with Crippen LogP contribution in [0.25, 0.3) is 11.0 Å². The van der Waals surface area contributed by atoms with Gasteiger partial charge in [0.2, 0.25) is 5.82 Å². The van der Waals surface area contributed by atoms with Crippen molar-refractivity contribution in [2.75, 3.05) is 6.54 Å². The fraction of sp³-hybridized carbons (Fsp3) is 0.133. The molecule has 104 valence electrons.